The Bertz CT molecular complexity index is 544. The van der Waals surface area contributed by atoms with E-state index < -0.39 is 5.97 Å². The Hall–Kier alpha value is -1.75. The summed E-state index contributed by atoms with van der Waals surface area (Å²) in [5.74, 6) is 1.21. The van der Waals surface area contributed by atoms with Gasteiger partial charge in [0.1, 0.15) is 6.04 Å². The first-order chi connectivity index (χ1) is 11.5. The topological polar surface area (TPSA) is 59.0 Å². The van der Waals surface area contributed by atoms with Gasteiger partial charge in [-0.15, -0.1) is 0 Å². The molecule has 1 aliphatic heterocycles. The second-order valence-electron chi connectivity index (χ2n) is 6.74. The van der Waals surface area contributed by atoms with E-state index in [0.717, 1.165) is 42.9 Å². The maximum Gasteiger partial charge on any atom is 0.320 e. The van der Waals surface area contributed by atoms with E-state index >= 15 is 0 Å². The SMILES string of the molecule is CCOc1cc(CN2CCCCC2C(=O)O)ccc1OCC(C)C. The van der Waals surface area contributed by atoms with Crippen LogP contribution in [0.1, 0.15) is 45.6 Å². The molecule has 1 aromatic carbocycles. The molecule has 0 saturated carbocycles. The normalized spacial score (nSPS) is 18.6. The van der Waals surface area contributed by atoms with Crippen LogP contribution in [-0.2, 0) is 11.3 Å². The van der Waals surface area contributed by atoms with Crippen LogP contribution in [0.15, 0.2) is 18.2 Å². The van der Waals surface area contributed by atoms with Crippen LogP contribution in [0.2, 0.25) is 0 Å². The first-order valence-corrected chi connectivity index (χ1v) is 8.86. The van der Waals surface area contributed by atoms with Gasteiger partial charge >= 0.3 is 5.97 Å². The zero-order valence-electron chi connectivity index (χ0n) is 15.0. The average molecular weight is 335 g/mol. The van der Waals surface area contributed by atoms with Gasteiger partial charge in [-0.1, -0.05) is 26.3 Å². The van der Waals surface area contributed by atoms with Crippen molar-refractivity contribution in [3.63, 3.8) is 0 Å². The first kappa shape index (κ1) is 18.6. The van der Waals surface area contributed by atoms with Gasteiger partial charge in [-0.05, 0) is 49.9 Å². The van der Waals surface area contributed by atoms with Crippen LogP contribution in [0.3, 0.4) is 0 Å². The summed E-state index contributed by atoms with van der Waals surface area (Å²) < 4.78 is 11.5. The van der Waals surface area contributed by atoms with Crippen LogP contribution in [0.5, 0.6) is 11.5 Å². The molecule has 5 nitrogen and oxygen atoms in total. The first-order valence-electron chi connectivity index (χ1n) is 8.86. The van der Waals surface area contributed by atoms with E-state index in [2.05, 4.69) is 13.8 Å². The van der Waals surface area contributed by atoms with Crippen LogP contribution in [0.4, 0.5) is 0 Å². The molecule has 0 amide bonds. The Morgan fingerprint density at radius 2 is 2.08 bits per heavy atom. The Kier molecular flexibility index (Phi) is 6.91. The second kappa shape index (κ2) is 8.92. The number of likely N-dealkylation sites (tertiary alicyclic amines) is 1. The number of rotatable bonds is 8. The number of benzene rings is 1. The third-order valence-electron chi connectivity index (χ3n) is 4.16. The van der Waals surface area contributed by atoms with E-state index in [-0.39, 0.29) is 6.04 Å². The number of carboxylic acid groups (broad SMARTS) is 1. The van der Waals surface area contributed by atoms with Gasteiger partial charge in [-0.2, -0.15) is 0 Å². The third kappa shape index (κ3) is 5.13. The Balaban J connectivity index is 2.11. The number of carboxylic acids is 1. The number of nitrogens with zero attached hydrogens (tertiary/aromatic N) is 1. The highest BCUT2D eigenvalue weighted by Gasteiger charge is 2.28. The van der Waals surface area contributed by atoms with Crippen LogP contribution >= 0.6 is 0 Å². The van der Waals surface area contributed by atoms with Crippen molar-refractivity contribution < 1.29 is 19.4 Å². The summed E-state index contributed by atoms with van der Waals surface area (Å²) in [6.07, 6.45) is 2.76. The largest absolute Gasteiger partial charge is 0.490 e. The molecule has 1 saturated heterocycles. The van der Waals surface area contributed by atoms with E-state index in [1.807, 2.05) is 30.0 Å². The average Bonchev–Trinajstić information content (AvgIpc) is 2.54. The van der Waals surface area contributed by atoms with Crippen molar-refractivity contribution >= 4 is 5.97 Å². The lowest BCUT2D eigenvalue weighted by Crippen LogP contribution is -2.43. The molecule has 0 radical (unpaired) electrons. The van der Waals surface area contributed by atoms with Crippen LogP contribution in [-0.4, -0.2) is 41.8 Å². The summed E-state index contributed by atoms with van der Waals surface area (Å²) in [6, 6.07) is 5.53. The van der Waals surface area contributed by atoms with Crippen LogP contribution in [0.25, 0.3) is 0 Å². The zero-order valence-corrected chi connectivity index (χ0v) is 15.0. The number of carbonyl (C=O) groups is 1. The minimum Gasteiger partial charge on any atom is -0.490 e. The lowest BCUT2D eigenvalue weighted by molar-refractivity contribution is -0.144. The van der Waals surface area contributed by atoms with Gasteiger partial charge in [-0.3, -0.25) is 9.69 Å². The molecule has 1 unspecified atom stereocenters. The molecule has 1 aromatic rings. The number of hydrogen-bond donors (Lipinski definition) is 1. The molecule has 24 heavy (non-hydrogen) atoms. The molecule has 0 aromatic heterocycles. The Morgan fingerprint density at radius 3 is 2.75 bits per heavy atom. The maximum atomic E-state index is 11.4. The summed E-state index contributed by atoms with van der Waals surface area (Å²) in [7, 11) is 0. The molecular formula is C19H29NO4. The fourth-order valence-electron chi connectivity index (χ4n) is 2.99. The highest BCUT2D eigenvalue weighted by molar-refractivity contribution is 5.73. The summed E-state index contributed by atoms with van der Waals surface area (Å²) >= 11 is 0. The van der Waals surface area contributed by atoms with Crippen molar-refractivity contribution in [2.45, 2.75) is 52.6 Å². The van der Waals surface area contributed by atoms with Crippen molar-refractivity contribution in [3.05, 3.63) is 23.8 Å². The van der Waals surface area contributed by atoms with Gasteiger partial charge in [-0.25, -0.2) is 0 Å². The smallest absolute Gasteiger partial charge is 0.320 e. The number of piperidine rings is 1. The van der Waals surface area contributed by atoms with Gasteiger partial charge in [0.2, 0.25) is 0 Å². The predicted octanol–water partition coefficient (Wildman–Crippen LogP) is 3.56. The molecule has 1 atom stereocenters. The van der Waals surface area contributed by atoms with Crippen molar-refractivity contribution in [1.29, 1.82) is 0 Å². The van der Waals surface area contributed by atoms with E-state index in [4.69, 9.17) is 9.47 Å². The fourth-order valence-corrected chi connectivity index (χ4v) is 2.99. The summed E-state index contributed by atoms with van der Waals surface area (Å²) in [4.78, 5) is 13.5. The molecule has 2 rings (SSSR count). The quantitative estimate of drug-likeness (QED) is 0.787. The Labute approximate surface area is 144 Å². The lowest BCUT2D eigenvalue weighted by Gasteiger charge is -2.33. The summed E-state index contributed by atoms with van der Waals surface area (Å²) in [6.45, 7) is 8.84. The van der Waals surface area contributed by atoms with Crippen molar-refractivity contribution in [1.82, 2.24) is 4.90 Å². The summed E-state index contributed by atoms with van der Waals surface area (Å²) in [5.41, 5.74) is 1.06. The maximum absolute atomic E-state index is 11.4. The van der Waals surface area contributed by atoms with E-state index in [9.17, 15) is 9.90 Å². The zero-order chi connectivity index (χ0) is 17.5. The minimum absolute atomic E-state index is 0.383. The number of aliphatic carboxylic acids is 1. The van der Waals surface area contributed by atoms with Gasteiger partial charge in [0.05, 0.1) is 13.2 Å². The van der Waals surface area contributed by atoms with E-state index in [1.165, 1.54) is 0 Å². The van der Waals surface area contributed by atoms with Gasteiger partial charge < -0.3 is 14.6 Å². The lowest BCUT2D eigenvalue weighted by atomic mass is 10.0. The van der Waals surface area contributed by atoms with Crippen molar-refractivity contribution in [2.75, 3.05) is 19.8 Å². The number of ether oxygens (including phenoxy) is 2. The second-order valence-corrected chi connectivity index (χ2v) is 6.74. The molecule has 0 aliphatic carbocycles. The standard InChI is InChI=1S/C19H29NO4/c1-4-23-18-11-15(8-9-17(18)24-13-14(2)3)12-20-10-6-5-7-16(20)19(21)22/h8-9,11,14,16H,4-7,10,12-13H2,1-3H3,(H,21,22). The highest BCUT2D eigenvalue weighted by atomic mass is 16.5. The van der Waals surface area contributed by atoms with Gasteiger partial charge in [0.15, 0.2) is 11.5 Å². The van der Waals surface area contributed by atoms with Crippen LogP contribution in [0, 0.1) is 5.92 Å². The number of hydrogen-bond acceptors (Lipinski definition) is 4. The van der Waals surface area contributed by atoms with Gasteiger partial charge in [0, 0.05) is 6.54 Å². The molecule has 134 valence electrons. The molecule has 0 spiro atoms. The Morgan fingerprint density at radius 1 is 1.29 bits per heavy atom. The fraction of sp³-hybridized carbons (Fsp3) is 0.632. The molecule has 1 N–H and O–H groups in total. The summed E-state index contributed by atoms with van der Waals surface area (Å²) in [5, 5.41) is 9.41. The molecule has 5 heteroatoms. The molecular weight excluding hydrogens is 306 g/mol. The molecule has 1 fully saturated rings. The van der Waals surface area contributed by atoms with E-state index in [1.54, 1.807) is 0 Å². The minimum atomic E-state index is -0.725. The monoisotopic (exact) mass is 335 g/mol. The van der Waals surface area contributed by atoms with Gasteiger partial charge in [0.25, 0.3) is 0 Å². The van der Waals surface area contributed by atoms with E-state index in [0.29, 0.717) is 25.7 Å². The predicted molar refractivity (Wildman–Crippen MR) is 93.6 cm³/mol. The highest BCUT2D eigenvalue weighted by Crippen LogP contribution is 2.30. The third-order valence-corrected chi connectivity index (χ3v) is 4.16. The molecule has 0 bridgehead atoms. The van der Waals surface area contributed by atoms with Crippen molar-refractivity contribution in [3.8, 4) is 11.5 Å². The molecule has 1 heterocycles. The van der Waals surface area contributed by atoms with Crippen LogP contribution < -0.4 is 9.47 Å². The van der Waals surface area contributed by atoms with Crippen molar-refractivity contribution in [2.24, 2.45) is 5.92 Å². The molecule has 1 aliphatic rings.